The van der Waals surface area contributed by atoms with Crippen LogP contribution in [0.2, 0.25) is 0 Å². The van der Waals surface area contributed by atoms with Crippen molar-refractivity contribution in [2.45, 2.75) is 37.6 Å². The SMILES string of the molecule is Cl.NC(CNC(=O)c1cccc(-c2noc(C3CC3)n2)c1)C1CC1. The van der Waals surface area contributed by atoms with Gasteiger partial charge in [-0.25, -0.2) is 0 Å². The Morgan fingerprint density at radius 2 is 2.12 bits per heavy atom. The van der Waals surface area contributed by atoms with Crippen LogP contribution in [0.1, 0.15) is 47.8 Å². The summed E-state index contributed by atoms with van der Waals surface area (Å²) in [6.45, 7) is 0.516. The van der Waals surface area contributed by atoms with E-state index in [1.165, 1.54) is 12.8 Å². The molecule has 128 valence electrons. The Hall–Kier alpha value is -1.92. The molecule has 1 unspecified atom stereocenters. The number of nitrogens with one attached hydrogen (secondary N) is 1. The van der Waals surface area contributed by atoms with E-state index < -0.39 is 0 Å². The number of hydrogen-bond acceptors (Lipinski definition) is 5. The molecule has 0 aliphatic heterocycles. The van der Waals surface area contributed by atoms with Crippen LogP contribution in [0.3, 0.4) is 0 Å². The highest BCUT2D eigenvalue weighted by Crippen LogP contribution is 2.39. The molecule has 0 saturated heterocycles. The van der Waals surface area contributed by atoms with Gasteiger partial charge < -0.3 is 15.6 Å². The highest BCUT2D eigenvalue weighted by molar-refractivity contribution is 5.95. The van der Waals surface area contributed by atoms with E-state index in [-0.39, 0.29) is 24.4 Å². The second-order valence-corrected chi connectivity index (χ2v) is 6.52. The average molecular weight is 349 g/mol. The molecule has 4 rings (SSSR count). The first-order chi connectivity index (χ1) is 11.2. The standard InChI is InChI=1S/C17H20N4O2.ClH/c18-14(10-4-5-10)9-19-16(22)13-3-1-2-12(8-13)15-20-17(23-21-15)11-6-7-11;/h1-3,8,10-11,14H,4-7,9,18H2,(H,19,22);1H. The molecule has 6 nitrogen and oxygen atoms in total. The molecule has 0 bridgehead atoms. The summed E-state index contributed by atoms with van der Waals surface area (Å²) in [5, 5.41) is 6.92. The minimum Gasteiger partial charge on any atom is -0.350 e. The van der Waals surface area contributed by atoms with E-state index >= 15 is 0 Å². The molecule has 2 fully saturated rings. The van der Waals surface area contributed by atoms with Crippen LogP contribution < -0.4 is 11.1 Å². The van der Waals surface area contributed by atoms with Gasteiger partial charge in [-0.2, -0.15) is 4.98 Å². The first-order valence-electron chi connectivity index (χ1n) is 8.18. The summed E-state index contributed by atoms with van der Waals surface area (Å²) in [5.74, 6) is 2.11. The molecule has 0 radical (unpaired) electrons. The van der Waals surface area contributed by atoms with Gasteiger partial charge in [0.1, 0.15) is 0 Å². The number of carbonyl (C=O) groups is 1. The third-order valence-corrected chi connectivity index (χ3v) is 4.48. The van der Waals surface area contributed by atoms with Gasteiger partial charge >= 0.3 is 0 Å². The van der Waals surface area contributed by atoms with Crippen molar-refractivity contribution < 1.29 is 9.32 Å². The van der Waals surface area contributed by atoms with Crippen LogP contribution in [0.5, 0.6) is 0 Å². The lowest BCUT2D eigenvalue weighted by molar-refractivity contribution is 0.0950. The topological polar surface area (TPSA) is 94.0 Å². The molecular weight excluding hydrogens is 328 g/mol. The lowest BCUT2D eigenvalue weighted by Gasteiger charge is -2.11. The number of nitrogens with zero attached hydrogens (tertiary/aromatic N) is 2. The molecular formula is C17H21ClN4O2. The molecule has 0 spiro atoms. The fraction of sp³-hybridized carbons (Fsp3) is 0.471. The van der Waals surface area contributed by atoms with Gasteiger partial charge in [0.25, 0.3) is 5.91 Å². The van der Waals surface area contributed by atoms with E-state index in [0.29, 0.717) is 35.7 Å². The molecule has 1 aromatic carbocycles. The second-order valence-electron chi connectivity index (χ2n) is 6.52. The Morgan fingerprint density at radius 1 is 1.33 bits per heavy atom. The lowest BCUT2D eigenvalue weighted by Crippen LogP contribution is -2.38. The quantitative estimate of drug-likeness (QED) is 0.836. The van der Waals surface area contributed by atoms with E-state index in [1.54, 1.807) is 12.1 Å². The van der Waals surface area contributed by atoms with Gasteiger partial charge in [-0.15, -0.1) is 12.4 Å². The van der Waals surface area contributed by atoms with E-state index in [4.69, 9.17) is 10.3 Å². The van der Waals surface area contributed by atoms with Crippen LogP contribution in [0.25, 0.3) is 11.4 Å². The highest BCUT2D eigenvalue weighted by Gasteiger charge is 2.30. The fourth-order valence-electron chi connectivity index (χ4n) is 2.65. The summed E-state index contributed by atoms with van der Waals surface area (Å²) < 4.78 is 5.28. The van der Waals surface area contributed by atoms with Gasteiger partial charge in [0.2, 0.25) is 11.7 Å². The maximum Gasteiger partial charge on any atom is 0.251 e. The predicted octanol–water partition coefficient (Wildman–Crippen LogP) is 2.50. The predicted molar refractivity (Wildman–Crippen MR) is 92.0 cm³/mol. The number of benzene rings is 1. The molecule has 2 aliphatic rings. The van der Waals surface area contributed by atoms with Crippen molar-refractivity contribution in [2.24, 2.45) is 11.7 Å². The first-order valence-corrected chi connectivity index (χ1v) is 8.18. The van der Waals surface area contributed by atoms with E-state index in [1.807, 2.05) is 12.1 Å². The van der Waals surface area contributed by atoms with Crippen molar-refractivity contribution in [1.29, 1.82) is 0 Å². The summed E-state index contributed by atoms with van der Waals surface area (Å²) in [6.07, 6.45) is 4.58. The number of rotatable bonds is 6. The number of halogens is 1. The van der Waals surface area contributed by atoms with Gasteiger partial charge in [-0.05, 0) is 43.7 Å². The summed E-state index contributed by atoms with van der Waals surface area (Å²) in [4.78, 5) is 16.7. The number of nitrogens with two attached hydrogens (primary N) is 1. The summed E-state index contributed by atoms with van der Waals surface area (Å²) in [6, 6.07) is 7.34. The van der Waals surface area contributed by atoms with Crippen LogP contribution in [0.15, 0.2) is 28.8 Å². The average Bonchev–Trinajstić information content (AvgIpc) is 3.50. The van der Waals surface area contributed by atoms with E-state index in [9.17, 15) is 4.79 Å². The summed E-state index contributed by atoms with van der Waals surface area (Å²) in [5.41, 5.74) is 7.39. The smallest absolute Gasteiger partial charge is 0.251 e. The number of hydrogen-bond donors (Lipinski definition) is 2. The van der Waals surface area contributed by atoms with Crippen LogP contribution in [0.4, 0.5) is 0 Å². The maximum atomic E-state index is 12.3. The van der Waals surface area contributed by atoms with Crippen LogP contribution in [0, 0.1) is 5.92 Å². The Bertz CT molecular complexity index is 725. The monoisotopic (exact) mass is 348 g/mol. The Morgan fingerprint density at radius 3 is 2.83 bits per heavy atom. The first kappa shape index (κ1) is 16.9. The lowest BCUT2D eigenvalue weighted by atomic mass is 10.1. The van der Waals surface area contributed by atoms with Crippen molar-refractivity contribution in [3.8, 4) is 11.4 Å². The second kappa shape index (κ2) is 6.91. The molecule has 3 N–H and O–H groups in total. The Kier molecular flexibility index (Phi) is 4.87. The fourth-order valence-corrected chi connectivity index (χ4v) is 2.65. The highest BCUT2D eigenvalue weighted by atomic mass is 35.5. The van der Waals surface area contributed by atoms with Gasteiger partial charge in [0, 0.05) is 29.6 Å². The van der Waals surface area contributed by atoms with Crippen LogP contribution in [-0.4, -0.2) is 28.6 Å². The van der Waals surface area contributed by atoms with Crippen LogP contribution >= 0.6 is 12.4 Å². The number of carbonyl (C=O) groups excluding carboxylic acids is 1. The molecule has 2 aromatic rings. The molecule has 7 heteroatoms. The minimum atomic E-state index is -0.117. The van der Waals surface area contributed by atoms with E-state index in [2.05, 4.69) is 15.5 Å². The molecule has 24 heavy (non-hydrogen) atoms. The summed E-state index contributed by atoms with van der Waals surface area (Å²) in [7, 11) is 0. The largest absolute Gasteiger partial charge is 0.350 e. The Labute approximate surface area is 146 Å². The zero-order chi connectivity index (χ0) is 15.8. The number of amides is 1. The van der Waals surface area contributed by atoms with Gasteiger partial charge in [0.15, 0.2) is 0 Å². The van der Waals surface area contributed by atoms with Crippen LogP contribution in [-0.2, 0) is 0 Å². The number of aromatic nitrogens is 2. The van der Waals surface area contributed by atoms with E-state index in [0.717, 1.165) is 18.4 Å². The van der Waals surface area contributed by atoms with Crippen molar-refractivity contribution in [1.82, 2.24) is 15.5 Å². The normalized spacial score (nSPS) is 17.9. The maximum absolute atomic E-state index is 12.3. The van der Waals surface area contributed by atoms with Crippen molar-refractivity contribution in [2.75, 3.05) is 6.54 Å². The molecule has 1 atom stereocenters. The Balaban J connectivity index is 0.00000169. The molecule has 2 saturated carbocycles. The van der Waals surface area contributed by atoms with Crippen molar-refractivity contribution in [3.05, 3.63) is 35.7 Å². The summed E-state index contributed by atoms with van der Waals surface area (Å²) >= 11 is 0. The molecule has 1 aromatic heterocycles. The minimum absolute atomic E-state index is 0. The van der Waals surface area contributed by atoms with Crippen molar-refractivity contribution in [3.63, 3.8) is 0 Å². The zero-order valence-electron chi connectivity index (χ0n) is 13.3. The zero-order valence-corrected chi connectivity index (χ0v) is 14.1. The third-order valence-electron chi connectivity index (χ3n) is 4.48. The molecule has 1 amide bonds. The van der Waals surface area contributed by atoms with Gasteiger partial charge in [0.05, 0.1) is 0 Å². The van der Waals surface area contributed by atoms with Gasteiger partial charge in [-0.1, -0.05) is 17.3 Å². The molecule has 2 aliphatic carbocycles. The van der Waals surface area contributed by atoms with Gasteiger partial charge in [-0.3, -0.25) is 4.79 Å². The van der Waals surface area contributed by atoms with Crippen molar-refractivity contribution >= 4 is 18.3 Å². The third kappa shape index (κ3) is 3.76. The molecule has 1 heterocycles.